The summed E-state index contributed by atoms with van der Waals surface area (Å²) >= 11 is 0. The Hall–Kier alpha value is -2.63. The Morgan fingerprint density at radius 1 is 0.893 bits per heavy atom. The van der Waals surface area contributed by atoms with Gasteiger partial charge in [-0.2, -0.15) is 4.31 Å². The fourth-order valence-corrected chi connectivity index (χ4v) is 5.45. The van der Waals surface area contributed by atoms with Crippen molar-refractivity contribution >= 4 is 10.0 Å². The summed E-state index contributed by atoms with van der Waals surface area (Å²) < 4.78 is 34.3. The molecule has 0 aromatic heterocycles. The molecule has 0 saturated carbocycles. The zero-order valence-corrected chi connectivity index (χ0v) is 16.8. The molecule has 3 aromatic rings. The minimum atomic E-state index is -3.67. The van der Waals surface area contributed by atoms with E-state index in [1.54, 1.807) is 23.5 Å². The van der Waals surface area contributed by atoms with Crippen molar-refractivity contribution < 1.29 is 13.2 Å². The van der Waals surface area contributed by atoms with Crippen molar-refractivity contribution in [2.24, 2.45) is 0 Å². The second-order valence-electron chi connectivity index (χ2n) is 7.02. The van der Waals surface area contributed by atoms with E-state index in [1.165, 1.54) is 5.56 Å². The highest BCUT2D eigenvalue weighted by Gasteiger charge is 2.38. The van der Waals surface area contributed by atoms with Gasteiger partial charge in [0.1, 0.15) is 5.75 Å². The van der Waals surface area contributed by atoms with Crippen LogP contribution < -0.4 is 4.74 Å². The van der Waals surface area contributed by atoms with E-state index in [2.05, 4.69) is 6.07 Å². The van der Waals surface area contributed by atoms with Gasteiger partial charge in [-0.15, -0.1) is 0 Å². The second-order valence-corrected chi connectivity index (χ2v) is 8.91. The zero-order chi connectivity index (χ0) is 19.7. The van der Waals surface area contributed by atoms with Gasteiger partial charge in [0.25, 0.3) is 0 Å². The normalized spacial score (nSPS) is 17.1. The Bertz CT molecular complexity index is 1090. The number of para-hydroxylation sites is 1. The predicted molar refractivity (Wildman–Crippen MR) is 110 cm³/mol. The molecule has 1 atom stereocenters. The highest BCUT2D eigenvalue weighted by Crippen LogP contribution is 2.41. The van der Waals surface area contributed by atoms with Crippen LogP contribution in [0, 0.1) is 6.92 Å². The van der Waals surface area contributed by atoms with Gasteiger partial charge in [-0.05, 0) is 42.7 Å². The molecule has 5 heteroatoms. The minimum Gasteiger partial charge on any atom is -0.496 e. The van der Waals surface area contributed by atoms with Crippen LogP contribution in [0.1, 0.15) is 28.3 Å². The molecular weight excluding hydrogens is 370 g/mol. The zero-order valence-electron chi connectivity index (χ0n) is 16.0. The summed E-state index contributed by atoms with van der Waals surface area (Å²) in [7, 11) is -2.05. The van der Waals surface area contributed by atoms with Gasteiger partial charge < -0.3 is 4.74 Å². The molecule has 4 rings (SSSR count). The van der Waals surface area contributed by atoms with Gasteiger partial charge in [-0.25, -0.2) is 8.42 Å². The molecule has 144 valence electrons. The van der Waals surface area contributed by atoms with Gasteiger partial charge in [0.2, 0.25) is 10.0 Å². The molecule has 1 aliphatic heterocycles. The number of hydrogen-bond donors (Lipinski definition) is 0. The quantitative estimate of drug-likeness (QED) is 0.662. The van der Waals surface area contributed by atoms with Crippen LogP contribution in [0.2, 0.25) is 0 Å². The standard InChI is InChI=1S/C23H23NO3S/c1-17-11-13-19(14-12-17)28(25,26)24-16-15-18-7-3-4-8-20(18)23(24)21-9-5-6-10-22(21)27-2/h3-14,23H,15-16H2,1-2H3/t23-/m0/s1. The van der Waals surface area contributed by atoms with Gasteiger partial charge in [0.15, 0.2) is 0 Å². The fraction of sp³-hybridized carbons (Fsp3) is 0.217. The molecule has 0 aliphatic carbocycles. The maximum absolute atomic E-state index is 13.6. The lowest BCUT2D eigenvalue weighted by molar-refractivity contribution is 0.330. The van der Waals surface area contributed by atoms with Crippen molar-refractivity contribution in [3.8, 4) is 5.75 Å². The number of rotatable bonds is 4. The lowest BCUT2D eigenvalue weighted by atomic mass is 9.89. The van der Waals surface area contributed by atoms with Crippen LogP contribution in [0.3, 0.4) is 0 Å². The van der Waals surface area contributed by atoms with Gasteiger partial charge in [-0.3, -0.25) is 0 Å². The van der Waals surface area contributed by atoms with Gasteiger partial charge in [0.05, 0.1) is 18.0 Å². The van der Waals surface area contributed by atoms with E-state index in [0.29, 0.717) is 23.6 Å². The third-order valence-electron chi connectivity index (χ3n) is 5.30. The lowest BCUT2D eigenvalue weighted by Crippen LogP contribution is -2.40. The van der Waals surface area contributed by atoms with Gasteiger partial charge >= 0.3 is 0 Å². The molecule has 0 amide bonds. The van der Waals surface area contributed by atoms with Gasteiger partial charge in [-0.1, -0.05) is 60.2 Å². The average molecular weight is 394 g/mol. The Morgan fingerprint density at radius 2 is 1.54 bits per heavy atom. The molecule has 1 heterocycles. The van der Waals surface area contributed by atoms with E-state index in [9.17, 15) is 8.42 Å². The smallest absolute Gasteiger partial charge is 0.243 e. The summed E-state index contributed by atoms with van der Waals surface area (Å²) in [5, 5.41) is 0. The SMILES string of the molecule is COc1ccccc1[C@@H]1c2ccccc2CCN1S(=O)(=O)c1ccc(C)cc1. The number of sulfonamides is 1. The first-order valence-corrected chi connectivity index (χ1v) is 10.8. The average Bonchev–Trinajstić information content (AvgIpc) is 2.73. The first-order chi connectivity index (χ1) is 13.5. The number of fused-ring (bicyclic) bond motifs is 1. The van der Waals surface area contributed by atoms with Crippen LogP contribution in [0.4, 0.5) is 0 Å². The molecule has 28 heavy (non-hydrogen) atoms. The van der Waals surface area contributed by atoms with Crippen molar-refractivity contribution in [1.29, 1.82) is 0 Å². The van der Waals surface area contributed by atoms with Crippen LogP contribution in [0.5, 0.6) is 5.75 Å². The summed E-state index contributed by atoms with van der Waals surface area (Å²) in [5.41, 5.74) is 4.07. The molecule has 0 N–H and O–H groups in total. The minimum absolute atomic E-state index is 0.317. The van der Waals surface area contributed by atoms with Crippen molar-refractivity contribution in [3.05, 3.63) is 95.1 Å². The first-order valence-electron chi connectivity index (χ1n) is 9.31. The monoisotopic (exact) mass is 393 g/mol. The Labute approximate surface area is 166 Å². The van der Waals surface area contributed by atoms with Crippen molar-refractivity contribution in [2.75, 3.05) is 13.7 Å². The molecule has 0 radical (unpaired) electrons. The maximum Gasteiger partial charge on any atom is 0.243 e. The number of aryl methyl sites for hydroxylation is 1. The van der Waals surface area contributed by atoms with Crippen LogP contribution in [-0.2, 0) is 16.4 Å². The van der Waals surface area contributed by atoms with E-state index in [4.69, 9.17) is 4.74 Å². The summed E-state index contributed by atoms with van der Waals surface area (Å²) in [4.78, 5) is 0.317. The van der Waals surface area contributed by atoms with Crippen LogP contribution in [0.15, 0.2) is 77.7 Å². The summed E-state index contributed by atoms with van der Waals surface area (Å²) in [6.07, 6.45) is 0.687. The third kappa shape index (κ3) is 3.21. The van der Waals surface area contributed by atoms with Crippen LogP contribution in [-0.4, -0.2) is 26.4 Å². The fourth-order valence-electron chi connectivity index (χ4n) is 3.86. The molecule has 1 aliphatic rings. The Morgan fingerprint density at radius 3 is 2.25 bits per heavy atom. The van der Waals surface area contributed by atoms with Crippen molar-refractivity contribution in [2.45, 2.75) is 24.3 Å². The molecule has 0 saturated heterocycles. The van der Waals surface area contributed by atoms with E-state index < -0.39 is 16.1 Å². The van der Waals surface area contributed by atoms with Crippen LogP contribution >= 0.6 is 0 Å². The highest BCUT2D eigenvalue weighted by atomic mass is 32.2. The predicted octanol–water partition coefficient (Wildman–Crippen LogP) is 4.34. The van der Waals surface area contributed by atoms with E-state index >= 15 is 0 Å². The van der Waals surface area contributed by atoms with E-state index in [1.807, 2.05) is 61.5 Å². The molecule has 0 spiro atoms. The Balaban J connectivity index is 1.90. The van der Waals surface area contributed by atoms with Crippen LogP contribution in [0.25, 0.3) is 0 Å². The Kier molecular flexibility index (Phi) is 4.96. The number of nitrogens with zero attached hydrogens (tertiary/aromatic N) is 1. The van der Waals surface area contributed by atoms with Crippen molar-refractivity contribution in [3.63, 3.8) is 0 Å². The summed E-state index contributed by atoms with van der Waals surface area (Å²) in [6, 6.07) is 22.3. The van der Waals surface area contributed by atoms with Crippen molar-refractivity contribution in [1.82, 2.24) is 4.31 Å². The molecule has 0 bridgehead atoms. The maximum atomic E-state index is 13.6. The summed E-state index contributed by atoms with van der Waals surface area (Å²) in [6.45, 7) is 2.38. The first kappa shape index (κ1) is 18.7. The number of hydrogen-bond acceptors (Lipinski definition) is 3. The largest absolute Gasteiger partial charge is 0.496 e. The number of benzene rings is 3. The number of ether oxygens (including phenoxy) is 1. The van der Waals surface area contributed by atoms with E-state index in [0.717, 1.165) is 16.7 Å². The molecular formula is C23H23NO3S. The number of methoxy groups -OCH3 is 1. The summed E-state index contributed by atoms with van der Waals surface area (Å²) in [5.74, 6) is 0.688. The van der Waals surface area contributed by atoms with Gasteiger partial charge in [0, 0.05) is 12.1 Å². The highest BCUT2D eigenvalue weighted by molar-refractivity contribution is 7.89. The third-order valence-corrected chi connectivity index (χ3v) is 7.18. The molecule has 0 fully saturated rings. The lowest BCUT2D eigenvalue weighted by Gasteiger charge is -2.37. The molecule has 4 nitrogen and oxygen atoms in total. The molecule has 3 aromatic carbocycles. The topological polar surface area (TPSA) is 46.6 Å². The molecule has 0 unspecified atom stereocenters. The van der Waals surface area contributed by atoms with E-state index in [-0.39, 0.29) is 0 Å². The second kappa shape index (κ2) is 7.41.